The predicted octanol–water partition coefficient (Wildman–Crippen LogP) is 18.2. The Morgan fingerprint density at radius 2 is 0.833 bits per heavy atom. The average Bonchev–Trinajstić information content (AvgIpc) is 3.34. The molecule has 0 radical (unpaired) electrons. The van der Waals surface area contributed by atoms with Gasteiger partial charge in [-0.15, -0.1) is 0 Å². The Labute approximate surface area is 445 Å². The summed E-state index contributed by atoms with van der Waals surface area (Å²) in [6.07, 6.45) is 76.1. The van der Waals surface area contributed by atoms with E-state index < -0.39 is 20.0 Å². The molecule has 72 heavy (non-hydrogen) atoms. The zero-order chi connectivity index (χ0) is 52.7. The molecule has 0 aliphatic rings. The lowest BCUT2D eigenvalue weighted by molar-refractivity contribution is -0.870. The van der Waals surface area contributed by atoms with Crippen molar-refractivity contribution in [3.8, 4) is 0 Å². The summed E-state index contributed by atoms with van der Waals surface area (Å²) < 4.78 is 23.8. The molecular formula is C63H114N2O6P+. The van der Waals surface area contributed by atoms with E-state index in [0.717, 1.165) is 83.5 Å². The number of nitrogens with zero attached hydrogens (tertiary/aromatic N) is 1. The molecule has 0 heterocycles. The summed E-state index contributed by atoms with van der Waals surface area (Å²) in [5.41, 5.74) is 0. The number of unbranched alkanes of at least 4 members (excludes halogenated alkanes) is 24. The molecule has 0 aromatic heterocycles. The van der Waals surface area contributed by atoms with E-state index >= 15 is 0 Å². The summed E-state index contributed by atoms with van der Waals surface area (Å²) in [5, 5.41) is 14.1. The molecule has 416 valence electrons. The summed E-state index contributed by atoms with van der Waals surface area (Å²) in [5.74, 6) is -0.188. The van der Waals surface area contributed by atoms with Crippen molar-refractivity contribution in [1.82, 2.24) is 5.32 Å². The van der Waals surface area contributed by atoms with Crippen molar-refractivity contribution in [3.05, 3.63) is 97.2 Å². The maximum absolute atomic E-state index is 13.0. The molecule has 0 aromatic carbocycles. The summed E-state index contributed by atoms with van der Waals surface area (Å²) in [7, 11) is 1.58. The van der Waals surface area contributed by atoms with E-state index in [1.54, 1.807) is 0 Å². The lowest BCUT2D eigenvalue weighted by Gasteiger charge is -2.26. The number of rotatable bonds is 53. The van der Waals surface area contributed by atoms with Gasteiger partial charge in [-0.25, -0.2) is 4.57 Å². The number of likely N-dealkylation sites (N-methyl/N-ethyl adjacent to an activating group) is 1. The molecule has 0 aliphatic carbocycles. The molecule has 0 aliphatic heterocycles. The number of hydrogen-bond acceptors (Lipinski definition) is 5. The van der Waals surface area contributed by atoms with E-state index in [9.17, 15) is 19.4 Å². The highest BCUT2D eigenvalue weighted by molar-refractivity contribution is 7.47. The zero-order valence-corrected chi connectivity index (χ0v) is 48.3. The molecule has 0 bridgehead atoms. The summed E-state index contributed by atoms with van der Waals surface area (Å²) >= 11 is 0. The van der Waals surface area contributed by atoms with Crippen molar-refractivity contribution >= 4 is 13.7 Å². The van der Waals surface area contributed by atoms with Gasteiger partial charge in [0.25, 0.3) is 0 Å². The summed E-state index contributed by atoms with van der Waals surface area (Å²) in [6.45, 7) is 4.75. The van der Waals surface area contributed by atoms with Gasteiger partial charge in [0.15, 0.2) is 0 Å². The highest BCUT2D eigenvalue weighted by Gasteiger charge is 2.28. The topological polar surface area (TPSA) is 105 Å². The van der Waals surface area contributed by atoms with Gasteiger partial charge < -0.3 is 19.8 Å². The molecule has 1 amide bonds. The van der Waals surface area contributed by atoms with Crippen LogP contribution < -0.4 is 5.32 Å². The van der Waals surface area contributed by atoms with E-state index in [1.165, 1.54) is 128 Å². The van der Waals surface area contributed by atoms with Gasteiger partial charge in [0.1, 0.15) is 13.2 Å². The molecule has 8 nitrogen and oxygen atoms in total. The highest BCUT2D eigenvalue weighted by atomic mass is 31.2. The van der Waals surface area contributed by atoms with Gasteiger partial charge in [0, 0.05) is 6.42 Å². The first-order valence-corrected chi connectivity index (χ1v) is 31.1. The Kier molecular flexibility index (Phi) is 51.3. The number of aliphatic hydroxyl groups excluding tert-OH is 1. The van der Waals surface area contributed by atoms with Gasteiger partial charge in [-0.1, -0.05) is 259 Å². The molecule has 9 heteroatoms. The minimum atomic E-state index is -4.34. The van der Waals surface area contributed by atoms with Crippen LogP contribution in [0.2, 0.25) is 0 Å². The third-order valence-corrected chi connectivity index (χ3v) is 13.8. The minimum absolute atomic E-state index is 0.0609. The molecule has 0 spiro atoms. The number of amides is 1. The number of nitrogens with one attached hydrogen (secondary N) is 1. The Morgan fingerprint density at radius 3 is 1.19 bits per heavy atom. The Balaban J connectivity index is 4.29. The summed E-state index contributed by atoms with van der Waals surface area (Å²) in [6, 6.07) is -0.792. The fraction of sp³-hybridized carbons (Fsp3) is 0.730. The quantitative estimate of drug-likeness (QED) is 0.0243. The van der Waals surface area contributed by atoms with Crippen LogP contribution in [0.25, 0.3) is 0 Å². The number of carbonyl (C=O) groups is 1. The average molecular weight is 1030 g/mol. The summed E-state index contributed by atoms with van der Waals surface area (Å²) in [4.78, 5) is 23.3. The van der Waals surface area contributed by atoms with E-state index in [1.807, 2.05) is 21.1 Å². The minimum Gasteiger partial charge on any atom is -0.391 e. The van der Waals surface area contributed by atoms with Gasteiger partial charge in [-0.3, -0.25) is 13.8 Å². The first-order valence-electron chi connectivity index (χ1n) is 29.6. The first kappa shape index (κ1) is 69.4. The van der Waals surface area contributed by atoms with E-state index in [4.69, 9.17) is 9.05 Å². The van der Waals surface area contributed by atoms with E-state index in [0.29, 0.717) is 30.3 Å². The predicted molar refractivity (Wildman–Crippen MR) is 313 cm³/mol. The Morgan fingerprint density at radius 1 is 0.486 bits per heavy atom. The third-order valence-electron chi connectivity index (χ3n) is 12.8. The van der Waals surface area contributed by atoms with Crippen LogP contribution in [0.15, 0.2) is 97.2 Å². The van der Waals surface area contributed by atoms with Crippen LogP contribution in [0, 0.1) is 0 Å². The van der Waals surface area contributed by atoms with Gasteiger partial charge in [0.05, 0.1) is 39.9 Å². The second-order valence-corrected chi connectivity index (χ2v) is 22.4. The van der Waals surface area contributed by atoms with Crippen molar-refractivity contribution in [2.24, 2.45) is 0 Å². The number of carbonyl (C=O) groups excluding carboxylic acids is 1. The van der Waals surface area contributed by atoms with E-state index in [2.05, 4.69) is 116 Å². The van der Waals surface area contributed by atoms with Crippen LogP contribution in [-0.2, 0) is 18.4 Å². The van der Waals surface area contributed by atoms with E-state index in [-0.39, 0.29) is 19.1 Å². The van der Waals surface area contributed by atoms with Gasteiger partial charge in [0.2, 0.25) is 5.91 Å². The SMILES string of the molecule is CC/C=C\C/C=C\C/C=C\C/C=C\C/C=C\C/C=C\C/C=C\C/C=C\CCCCC(=O)NC(COP(=O)(O)OCC[N+](C)(C)C)C(O)CCCCCCCCCCCCCCCCCCCCCCCCC. The largest absolute Gasteiger partial charge is 0.472 e. The Hall–Kier alpha value is -2.58. The van der Waals surface area contributed by atoms with Crippen molar-refractivity contribution in [3.63, 3.8) is 0 Å². The number of aliphatic hydroxyl groups is 1. The van der Waals surface area contributed by atoms with Gasteiger partial charge >= 0.3 is 7.82 Å². The smallest absolute Gasteiger partial charge is 0.391 e. The van der Waals surface area contributed by atoms with Gasteiger partial charge in [-0.05, 0) is 77.0 Å². The van der Waals surface area contributed by atoms with Crippen LogP contribution in [0.4, 0.5) is 0 Å². The number of allylic oxidation sites excluding steroid dienone is 16. The first-order chi connectivity index (χ1) is 35.0. The maximum atomic E-state index is 13.0. The van der Waals surface area contributed by atoms with Crippen LogP contribution in [-0.4, -0.2) is 73.4 Å². The van der Waals surface area contributed by atoms with Crippen LogP contribution in [0.1, 0.15) is 245 Å². The molecule has 3 atom stereocenters. The molecule has 3 N–H and O–H groups in total. The normalized spacial score (nSPS) is 14.6. The standard InChI is InChI=1S/C63H113N2O6P/c1-6-8-10-12-14-16-18-20-22-24-26-28-30-31-32-33-35-37-39-41-43-45-47-49-51-53-55-57-63(67)64-61(60-71-72(68,69)70-59-58-65(3,4)5)62(66)56-54-52-50-48-46-44-42-40-38-36-34-29-27-25-23-21-19-17-15-13-11-9-7-2/h8,10,14,16,20,22,26,28,31-32,35,37,41,43,47,49,61-62,66H,6-7,9,11-13,15,17-19,21,23-25,27,29-30,33-34,36,38-40,42,44-46,48,50-60H2,1-5H3,(H-,64,67,68,69)/p+1/b10-8-,16-14-,22-20-,28-26-,32-31-,37-35-,43-41-,49-47-. The highest BCUT2D eigenvalue weighted by Crippen LogP contribution is 2.43. The third kappa shape index (κ3) is 55.2. The van der Waals surface area contributed by atoms with Crippen molar-refractivity contribution in [1.29, 1.82) is 0 Å². The second-order valence-electron chi connectivity index (χ2n) is 21.0. The molecule has 0 saturated carbocycles. The second kappa shape index (κ2) is 53.3. The molecule has 3 unspecified atom stereocenters. The lowest BCUT2D eigenvalue weighted by atomic mass is 10.0. The van der Waals surface area contributed by atoms with Crippen LogP contribution in [0.3, 0.4) is 0 Å². The van der Waals surface area contributed by atoms with Crippen molar-refractivity contribution in [2.75, 3.05) is 40.9 Å². The maximum Gasteiger partial charge on any atom is 0.472 e. The molecular weight excluding hydrogens is 912 g/mol. The molecule has 0 aromatic rings. The van der Waals surface area contributed by atoms with Gasteiger partial charge in [-0.2, -0.15) is 0 Å². The lowest BCUT2D eigenvalue weighted by Crippen LogP contribution is -2.46. The number of phosphoric acid groups is 1. The zero-order valence-electron chi connectivity index (χ0n) is 47.4. The fourth-order valence-electron chi connectivity index (χ4n) is 8.24. The molecule has 0 fully saturated rings. The Bertz CT molecular complexity index is 1490. The number of quaternary nitrogens is 1. The monoisotopic (exact) mass is 1030 g/mol. The molecule has 0 rings (SSSR count). The van der Waals surface area contributed by atoms with Crippen LogP contribution in [0.5, 0.6) is 0 Å². The van der Waals surface area contributed by atoms with Crippen molar-refractivity contribution < 1.29 is 32.9 Å². The number of hydrogen-bond donors (Lipinski definition) is 3. The van der Waals surface area contributed by atoms with Crippen LogP contribution >= 0.6 is 7.82 Å². The molecule has 0 saturated heterocycles. The van der Waals surface area contributed by atoms with Crippen molar-refractivity contribution in [2.45, 2.75) is 257 Å². The fourth-order valence-corrected chi connectivity index (χ4v) is 8.98. The number of phosphoric ester groups is 1.